The summed E-state index contributed by atoms with van der Waals surface area (Å²) < 4.78 is 0. The van der Waals surface area contributed by atoms with Crippen LogP contribution < -0.4 is 9.80 Å². The maximum Gasteiger partial charge on any atom is 0.263 e. The Morgan fingerprint density at radius 3 is 2.41 bits per heavy atom. The fourth-order valence-electron chi connectivity index (χ4n) is 3.95. The number of carbonyl (C=O) groups excluding carboxylic acids is 2. The summed E-state index contributed by atoms with van der Waals surface area (Å²) in [6, 6.07) is 16.7. The first-order valence-corrected chi connectivity index (χ1v) is 9.71. The Kier molecular flexibility index (Phi) is 4.99. The number of carbonyl (C=O) groups is 2. The number of amides is 2. The molecular weight excluding hydrogens is 360 g/mol. The van der Waals surface area contributed by atoms with Gasteiger partial charge in [-0.3, -0.25) is 9.59 Å². The molecule has 5 heteroatoms. The molecular formula is C22H21ClN2O2. The van der Waals surface area contributed by atoms with Gasteiger partial charge in [-0.05, 0) is 37.1 Å². The number of imide groups is 1. The number of rotatable bonds is 3. The Morgan fingerprint density at radius 1 is 0.889 bits per heavy atom. The normalized spacial score (nSPS) is 20.6. The lowest BCUT2D eigenvalue weighted by Crippen LogP contribution is -2.40. The summed E-state index contributed by atoms with van der Waals surface area (Å²) in [6.45, 7) is 0.818. The molecule has 2 aromatic carbocycles. The first-order valence-electron chi connectivity index (χ1n) is 9.33. The molecule has 0 bridgehead atoms. The molecule has 2 amide bonds. The van der Waals surface area contributed by atoms with Crippen LogP contribution in [0.3, 0.4) is 0 Å². The molecule has 4 rings (SSSR count). The van der Waals surface area contributed by atoms with Gasteiger partial charge in [0.1, 0.15) is 0 Å². The molecule has 2 aliphatic rings. The highest BCUT2D eigenvalue weighted by molar-refractivity contribution is 6.33. The molecule has 0 radical (unpaired) electrons. The van der Waals surface area contributed by atoms with Crippen LogP contribution in [0.2, 0.25) is 5.02 Å². The van der Waals surface area contributed by atoms with E-state index in [0.717, 1.165) is 37.9 Å². The van der Waals surface area contributed by atoms with Crippen LogP contribution in [-0.4, -0.2) is 24.4 Å². The zero-order valence-corrected chi connectivity index (χ0v) is 15.7. The van der Waals surface area contributed by atoms with E-state index < -0.39 is 0 Å². The van der Waals surface area contributed by atoms with Crippen LogP contribution in [0.4, 0.5) is 11.4 Å². The molecule has 1 atom stereocenters. The molecule has 2 heterocycles. The van der Waals surface area contributed by atoms with Crippen LogP contribution in [0.15, 0.2) is 66.2 Å². The number of para-hydroxylation sites is 2. The summed E-state index contributed by atoms with van der Waals surface area (Å²) in [7, 11) is 0. The Labute approximate surface area is 164 Å². The van der Waals surface area contributed by atoms with E-state index in [9.17, 15) is 9.59 Å². The zero-order chi connectivity index (χ0) is 18.8. The first kappa shape index (κ1) is 17.8. The number of nitrogens with zero attached hydrogens (tertiary/aromatic N) is 2. The van der Waals surface area contributed by atoms with E-state index in [2.05, 4.69) is 4.90 Å². The van der Waals surface area contributed by atoms with Gasteiger partial charge in [0, 0.05) is 18.2 Å². The monoisotopic (exact) mass is 380 g/mol. The molecule has 0 N–H and O–H groups in total. The molecule has 0 spiro atoms. The number of hydrogen-bond donors (Lipinski definition) is 0. The highest BCUT2D eigenvalue weighted by atomic mass is 35.5. The molecule has 4 nitrogen and oxygen atoms in total. The van der Waals surface area contributed by atoms with Crippen LogP contribution in [0.1, 0.15) is 25.7 Å². The third kappa shape index (κ3) is 3.37. The van der Waals surface area contributed by atoms with E-state index >= 15 is 0 Å². The highest BCUT2D eigenvalue weighted by Crippen LogP contribution is 2.35. The minimum Gasteiger partial charge on any atom is -0.363 e. The fourth-order valence-corrected chi connectivity index (χ4v) is 4.20. The predicted molar refractivity (Wildman–Crippen MR) is 108 cm³/mol. The maximum absolute atomic E-state index is 13.2. The van der Waals surface area contributed by atoms with E-state index in [1.165, 1.54) is 11.0 Å². The van der Waals surface area contributed by atoms with Gasteiger partial charge < -0.3 is 4.90 Å². The van der Waals surface area contributed by atoms with Gasteiger partial charge in [0.15, 0.2) is 0 Å². The van der Waals surface area contributed by atoms with Crippen molar-refractivity contribution in [2.24, 2.45) is 0 Å². The Hall–Kier alpha value is -2.59. The average Bonchev–Trinajstić information content (AvgIpc) is 2.85. The van der Waals surface area contributed by atoms with E-state index in [4.69, 9.17) is 11.6 Å². The van der Waals surface area contributed by atoms with E-state index in [1.54, 1.807) is 12.1 Å². The number of anilines is 2. The highest BCUT2D eigenvalue weighted by Gasteiger charge is 2.39. The molecule has 2 aromatic rings. The van der Waals surface area contributed by atoms with E-state index in [0.29, 0.717) is 16.3 Å². The van der Waals surface area contributed by atoms with Crippen LogP contribution >= 0.6 is 11.6 Å². The minimum atomic E-state index is -0.274. The van der Waals surface area contributed by atoms with Crippen molar-refractivity contribution in [2.75, 3.05) is 16.3 Å². The van der Waals surface area contributed by atoms with E-state index in [-0.39, 0.29) is 17.9 Å². The van der Waals surface area contributed by atoms with Crippen LogP contribution in [0.25, 0.3) is 0 Å². The number of benzene rings is 2. The van der Waals surface area contributed by atoms with Crippen molar-refractivity contribution in [3.8, 4) is 0 Å². The maximum atomic E-state index is 13.2. The van der Waals surface area contributed by atoms with Gasteiger partial charge in [-0.15, -0.1) is 0 Å². The lowest BCUT2D eigenvalue weighted by Gasteiger charge is -2.33. The van der Waals surface area contributed by atoms with Crippen molar-refractivity contribution < 1.29 is 9.59 Å². The van der Waals surface area contributed by atoms with Gasteiger partial charge in [0.25, 0.3) is 11.8 Å². The minimum absolute atomic E-state index is 0.141. The number of hydrogen-bond acceptors (Lipinski definition) is 3. The van der Waals surface area contributed by atoms with Gasteiger partial charge in [0.05, 0.1) is 22.4 Å². The second kappa shape index (κ2) is 7.57. The molecule has 138 valence electrons. The van der Waals surface area contributed by atoms with E-state index in [1.807, 2.05) is 42.5 Å². The second-order valence-electron chi connectivity index (χ2n) is 6.92. The van der Waals surface area contributed by atoms with Crippen molar-refractivity contribution >= 4 is 34.8 Å². The van der Waals surface area contributed by atoms with Gasteiger partial charge in [-0.1, -0.05) is 54.8 Å². The molecule has 1 fully saturated rings. The van der Waals surface area contributed by atoms with Crippen molar-refractivity contribution in [1.29, 1.82) is 0 Å². The van der Waals surface area contributed by atoms with Gasteiger partial charge >= 0.3 is 0 Å². The molecule has 1 saturated heterocycles. The van der Waals surface area contributed by atoms with Crippen molar-refractivity contribution in [1.82, 2.24) is 0 Å². The summed E-state index contributed by atoms with van der Waals surface area (Å²) in [6.07, 6.45) is 5.51. The summed E-state index contributed by atoms with van der Waals surface area (Å²) in [4.78, 5) is 29.2. The quantitative estimate of drug-likeness (QED) is 0.731. The molecule has 0 aliphatic carbocycles. The third-order valence-electron chi connectivity index (χ3n) is 5.24. The summed E-state index contributed by atoms with van der Waals surface area (Å²) in [5.74, 6) is -0.500. The molecule has 2 aliphatic heterocycles. The van der Waals surface area contributed by atoms with Gasteiger partial charge in [-0.2, -0.15) is 0 Å². The molecule has 0 aromatic heterocycles. The standard InChI is InChI=1S/C22H21ClN2O2/c23-18-11-6-7-13-20(18)24-14-8-2-5-12-19(24)17-15-21(26)25(22(17)27)16-9-3-1-4-10-16/h1,3-4,6-7,9-11,13,15,19H,2,5,8,12,14H2. The molecule has 0 saturated carbocycles. The van der Waals surface area contributed by atoms with Crippen LogP contribution in [0.5, 0.6) is 0 Å². The Balaban J connectivity index is 1.69. The Bertz CT molecular complexity index is 894. The van der Waals surface area contributed by atoms with Gasteiger partial charge in [-0.25, -0.2) is 4.90 Å². The smallest absolute Gasteiger partial charge is 0.263 e. The first-order chi connectivity index (χ1) is 13.2. The zero-order valence-electron chi connectivity index (χ0n) is 15.0. The second-order valence-corrected chi connectivity index (χ2v) is 7.33. The lowest BCUT2D eigenvalue weighted by molar-refractivity contribution is -0.120. The summed E-state index contributed by atoms with van der Waals surface area (Å²) >= 11 is 6.45. The predicted octanol–water partition coefficient (Wildman–Crippen LogP) is 4.59. The van der Waals surface area contributed by atoms with Crippen molar-refractivity contribution in [2.45, 2.75) is 31.7 Å². The van der Waals surface area contributed by atoms with Crippen LogP contribution in [0, 0.1) is 0 Å². The molecule has 27 heavy (non-hydrogen) atoms. The van der Waals surface area contributed by atoms with Crippen LogP contribution in [-0.2, 0) is 9.59 Å². The Morgan fingerprint density at radius 2 is 1.63 bits per heavy atom. The summed E-state index contributed by atoms with van der Waals surface area (Å²) in [5.41, 5.74) is 2.09. The largest absolute Gasteiger partial charge is 0.363 e. The average molecular weight is 381 g/mol. The fraction of sp³-hybridized carbons (Fsp3) is 0.273. The molecule has 1 unspecified atom stereocenters. The lowest BCUT2D eigenvalue weighted by atomic mass is 10.00. The topological polar surface area (TPSA) is 40.6 Å². The summed E-state index contributed by atoms with van der Waals surface area (Å²) in [5, 5.41) is 0.668. The number of halogens is 1. The van der Waals surface area contributed by atoms with Crippen molar-refractivity contribution in [3.63, 3.8) is 0 Å². The van der Waals surface area contributed by atoms with Gasteiger partial charge in [0.2, 0.25) is 0 Å². The third-order valence-corrected chi connectivity index (χ3v) is 5.56. The van der Waals surface area contributed by atoms with Crippen molar-refractivity contribution in [3.05, 3.63) is 71.3 Å². The SMILES string of the molecule is O=C1C=C(C2CCCCCN2c2ccccc2Cl)C(=O)N1c1ccccc1.